The van der Waals surface area contributed by atoms with Gasteiger partial charge in [0.2, 0.25) is 5.91 Å². The van der Waals surface area contributed by atoms with Gasteiger partial charge in [-0.2, -0.15) is 12.6 Å². The van der Waals surface area contributed by atoms with Crippen molar-refractivity contribution in [1.29, 1.82) is 0 Å². The van der Waals surface area contributed by atoms with Crippen LogP contribution in [0.4, 0.5) is 0 Å². The van der Waals surface area contributed by atoms with E-state index in [-0.39, 0.29) is 11.2 Å². The van der Waals surface area contributed by atoms with Crippen molar-refractivity contribution in [3.05, 3.63) is 23.8 Å². The molecule has 5 heteroatoms. The second-order valence-electron chi connectivity index (χ2n) is 4.64. The van der Waals surface area contributed by atoms with Crippen LogP contribution >= 0.6 is 12.6 Å². The first-order valence-corrected chi connectivity index (χ1v) is 6.82. The van der Waals surface area contributed by atoms with Crippen LogP contribution in [0.25, 0.3) is 0 Å². The zero-order valence-corrected chi connectivity index (χ0v) is 12.2. The zero-order valence-electron chi connectivity index (χ0n) is 11.3. The minimum atomic E-state index is 0.179. The zero-order chi connectivity index (χ0) is 13.8. The molecule has 19 heavy (non-hydrogen) atoms. The van der Waals surface area contributed by atoms with Gasteiger partial charge in [-0.3, -0.25) is 4.79 Å². The average Bonchev–Trinajstić information content (AvgIpc) is 2.74. The van der Waals surface area contributed by atoms with E-state index in [0.717, 1.165) is 36.6 Å². The molecular weight excluding hydrogens is 262 g/mol. The van der Waals surface area contributed by atoms with Crippen molar-refractivity contribution in [1.82, 2.24) is 4.90 Å². The fourth-order valence-corrected chi connectivity index (χ4v) is 2.62. The molecule has 0 radical (unpaired) electrons. The van der Waals surface area contributed by atoms with Crippen LogP contribution in [0.15, 0.2) is 18.2 Å². The van der Waals surface area contributed by atoms with Crippen molar-refractivity contribution in [2.45, 2.75) is 18.1 Å². The standard InChI is InChI=1S/C14H19NO3S/c1-17-12-4-3-10(7-13(12)18-2)5-6-15-9-11(19)8-14(15)16/h3-4,7,11,19H,5-6,8-9H2,1-2H3. The minimum Gasteiger partial charge on any atom is -0.493 e. The van der Waals surface area contributed by atoms with Gasteiger partial charge in [0.25, 0.3) is 0 Å². The van der Waals surface area contributed by atoms with Gasteiger partial charge in [-0.15, -0.1) is 0 Å². The van der Waals surface area contributed by atoms with Crippen molar-refractivity contribution in [3.8, 4) is 11.5 Å². The van der Waals surface area contributed by atoms with E-state index in [9.17, 15) is 4.79 Å². The Morgan fingerprint density at radius 2 is 2.05 bits per heavy atom. The summed E-state index contributed by atoms with van der Waals surface area (Å²) < 4.78 is 10.5. The Morgan fingerprint density at radius 3 is 2.63 bits per heavy atom. The number of methoxy groups -OCH3 is 2. The SMILES string of the molecule is COc1ccc(CCN2CC(S)CC2=O)cc1OC. The highest BCUT2D eigenvalue weighted by Crippen LogP contribution is 2.28. The summed E-state index contributed by atoms with van der Waals surface area (Å²) in [6, 6.07) is 5.85. The predicted molar refractivity (Wildman–Crippen MR) is 77.2 cm³/mol. The molecule has 1 heterocycles. The van der Waals surface area contributed by atoms with Gasteiger partial charge in [0.1, 0.15) is 0 Å². The van der Waals surface area contributed by atoms with Crippen LogP contribution in [-0.2, 0) is 11.2 Å². The number of amides is 1. The van der Waals surface area contributed by atoms with Gasteiger partial charge in [0.05, 0.1) is 14.2 Å². The molecule has 0 spiro atoms. The van der Waals surface area contributed by atoms with E-state index in [4.69, 9.17) is 9.47 Å². The first-order chi connectivity index (χ1) is 9.13. The van der Waals surface area contributed by atoms with Gasteiger partial charge in [-0.25, -0.2) is 0 Å². The summed E-state index contributed by atoms with van der Waals surface area (Å²) in [7, 11) is 3.24. The molecule has 0 bridgehead atoms. The number of carbonyl (C=O) groups excluding carboxylic acids is 1. The van der Waals surface area contributed by atoms with Crippen molar-refractivity contribution in [2.24, 2.45) is 0 Å². The van der Waals surface area contributed by atoms with Crippen molar-refractivity contribution >= 4 is 18.5 Å². The Kier molecular flexibility index (Phi) is 4.58. The fourth-order valence-electron chi connectivity index (χ4n) is 2.27. The van der Waals surface area contributed by atoms with Crippen molar-refractivity contribution in [2.75, 3.05) is 27.3 Å². The number of likely N-dealkylation sites (tertiary alicyclic amines) is 1. The number of benzene rings is 1. The maximum absolute atomic E-state index is 11.7. The molecule has 2 rings (SSSR count). The molecule has 1 aromatic carbocycles. The van der Waals surface area contributed by atoms with Crippen LogP contribution in [0, 0.1) is 0 Å². The summed E-state index contributed by atoms with van der Waals surface area (Å²) >= 11 is 4.35. The fraction of sp³-hybridized carbons (Fsp3) is 0.500. The van der Waals surface area contributed by atoms with Crippen molar-refractivity contribution < 1.29 is 14.3 Å². The van der Waals surface area contributed by atoms with Crippen LogP contribution in [0.3, 0.4) is 0 Å². The first-order valence-electron chi connectivity index (χ1n) is 6.30. The summed E-state index contributed by atoms with van der Waals surface area (Å²) in [5.41, 5.74) is 1.13. The molecule has 1 fully saturated rings. The Balaban J connectivity index is 1.98. The third kappa shape index (κ3) is 3.35. The van der Waals surface area contributed by atoms with E-state index in [1.54, 1.807) is 14.2 Å². The number of hydrogen-bond acceptors (Lipinski definition) is 4. The van der Waals surface area contributed by atoms with Gasteiger partial charge in [-0.05, 0) is 24.1 Å². The molecule has 1 aliphatic rings. The van der Waals surface area contributed by atoms with Crippen LogP contribution in [-0.4, -0.2) is 43.4 Å². The van der Waals surface area contributed by atoms with Gasteiger partial charge in [0.15, 0.2) is 11.5 Å². The van der Waals surface area contributed by atoms with Gasteiger partial charge in [-0.1, -0.05) is 6.07 Å². The van der Waals surface area contributed by atoms with Crippen LogP contribution < -0.4 is 9.47 Å². The lowest BCUT2D eigenvalue weighted by Crippen LogP contribution is -2.27. The number of rotatable bonds is 5. The molecule has 104 valence electrons. The molecule has 1 aromatic rings. The summed E-state index contributed by atoms with van der Waals surface area (Å²) in [5, 5.41) is 0.179. The van der Waals surface area contributed by atoms with Crippen LogP contribution in [0.5, 0.6) is 11.5 Å². The van der Waals surface area contributed by atoms with E-state index in [1.165, 1.54) is 0 Å². The molecule has 1 saturated heterocycles. The second-order valence-corrected chi connectivity index (χ2v) is 5.37. The lowest BCUT2D eigenvalue weighted by molar-refractivity contribution is -0.127. The second kappa shape index (κ2) is 6.19. The number of carbonyl (C=O) groups is 1. The smallest absolute Gasteiger partial charge is 0.223 e. The maximum atomic E-state index is 11.7. The lowest BCUT2D eigenvalue weighted by Gasteiger charge is -2.16. The van der Waals surface area contributed by atoms with E-state index >= 15 is 0 Å². The number of hydrogen-bond donors (Lipinski definition) is 1. The highest BCUT2D eigenvalue weighted by Gasteiger charge is 2.26. The molecule has 0 saturated carbocycles. The molecule has 1 unspecified atom stereocenters. The Labute approximate surface area is 119 Å². The van der Waals surface area contributed by atoms with Crippen LogP contribution in [0.2, 0.25) is 0 Å². The summed E-state index contributed by atoms with van der Waals surface area (Å²) in [4.78, 5) is 13.5. The average molecular weight is 281 g/mol. The lowest BCUT2D eigenvalue weighted by atomic mass is 10.1. The quantitative estimate of drug-likeness (QED) is 0.836. The summed E-state index contributed by atoms with van der Waals surface area (Å²) in [5.74, 6) is 1.64. The van der Waals surface area contributed by atoms with Crippen molar-refractivity contribution in [3.63, 3.8) is 0 Å². The third-order valence-electron chi connectivity index (χ3n) is 3.31. The number of ether oxygens (including phenoxy) is 2. The van der Waals surface area contributed by atoms with E-state index in [2.05, 4.69) is 12.6 Å². The van der Waals surface area contributed by atoms with E-state index < -0.39 is 0 Å². The highest BCUT2D eigenvalue weighted by atomic mass is 32.1. The monoisotopic (exact) mass is 281 g/mol. The normalized spacial score (nSPS) is 18.8. The molecule has 1 atom stereocenters. The molecule has 0 N–H and O–H groups in total. The molecule has 1 amide bonds. The Morgan fingerprint density at radius 1 is 1.32 bits per heavy atom. The first kappa shape index (κ1) is 14.1. The van der Waals surface area contributed by atoms with E-state index in [0.29, 0.717) is 6.42 Å². The highest BCUT2D eigenvalue weighted by molar-refractivity contribution is 7.81. The van der Waals surface area contributed by atoms with Gasteiger partial charge in [0, 0.05) is 24.8 Å². The summed E-state index contributed by atoms with van der Waals surface area (Å²) in [6.07, 6.45) is 1.36. The number of thiol groups is 1. The molecule has 1 aliphatic heterocycles. The maximum Gasteiger partial charge on any atom is 0.223 e. The summed E-state index contributed by atoms with van der Waals surface area (Å²) in [6.45, 7) is 1.47. The Bertz CT molecular complexity index is 464. The van der Waals surface area contributed by atoms with Gasteiger partial charge < -0.3 is 14.4 Å². The Hall–Kier alpha value is -1.36. The molecule has 0 aromatic heterocycles. The topological polar surface area (TPSA) is 38.8 Å². The minimum absolute atomic E-state index is 0.179. The van der Waals surface area contributed by atoms with E-state index in [1.807, 2.05) is 23.1 Å². The third-order valence-corrected chi connectivity index (χ3v) is 3.66. The van der Waals surface area contributed by atoms with Crippen LogP contribution in [0.1, 0.15) is 12.0 Å². The largest absolute Gasteiger partial charge is 0.493 e. The molecule has 4 nitrogen and oxygen atoms in total. The number of nitrogens with zero attached hydrogens (tertiary/aromatic N) is 1. The predicted octanol–water partition coefficient (Wildman–Crippen LogP) is 1.78. The molecular formula is C14H19NO3S. The molecule has 0 aliphatic carbocycles. The van der Waals surface area contributed by atoms with Gasteiger partial charge >= 0.3 is 0 Å².